The molecule has 108 valence electrons. The molecule has 1 aliphatic rings. The lowest BCUT2D eigenvalue weighted by Crippen LogP contribution is -2.26. The molecular weight excluding hydrogens is 290 g/mol. The molecule has 2 rings (SSSR count). The normalized spacial score (nSPS) is 15.1. The summed E-state index contributed by atoms with van der Waals surface area (Å²) in [4.78, 5) is 19.6. The highest BCUT2D eigenvalue weighted by atomic mass is 32.2. The van der Waals surface area contributed by atoms with Crippen LogP contribution in [0.25, 0.3) is 0 Å². The van der Waals surface area contributed by atoms with E-state index in [1.54, 1.807) is 0 Å². The maximum atomic E-state index is 12.0. The molecule has 0 saturated heterocycles. The van der Waals surface area contributed by atoms with Crippen LogP contribution in [0.4, 0.5) is 11.4 Å². The summed E-state index contributed by atoms with van der Waals surface area (Å²) in [6, 6.07) is 1.49. The predicted octanol–water partition coefficient (Wildman–Crippen LogP) is 1.25. The van der Waals surface area contributed by atoms with Crippen LogP contribution < -0.4 is 4.72 Å². The molecule has 0 aliphatic heterocycles. The molecule has 1 aromatic rings. The number of hydrogen-bond acceptors (Lipinski definition) is 6. The third-order valence-corrected chi connectivity index (χ3v) is 4.43. The van der Waals surface area contributed by atoms with Gasteiger partial charge < -0.3 is 0 Å². The average molecular weight is 301 g/mol. The number of hydrogen-bond donors (Lipinski definition) is 1. The van der Waals surface area contributed by atoms with E-state index in [0.29, 0.717) is 12.8 Å². The largest absolute Gasteiger partial charge is 0.280 e. The molecule has 0 aromatic heterocycles. The summed E-state index contributed by atoms with van der Waals surface area (Å²) in [7, 11) is -3.98. The number of benzene rings is 1. The van der Waals surface area contributed by atoms with Crippen LogP contribution in [0.1, 0.15) is 18.4 Å². The Hall–Kier alpha value is -2.07. The molecule has 0 amide bonds. The summed E-state index contributed by atoms with van der Waals surface area (Å²) in [5, 5.41) is 21.8. The van der Waals surface area contributed by atoms with Gasteiger partial charge in [-0.25, -0.2) is 13.1 Å². The minimum Gasteiger partial charge on any atom is -0.258 e. The first-order valence-electron chi connectivity index (χ1n) is 5.68. The Morgan fingerprint density at radius 3 is 1.95 bits per heavy atom. The molecule has 0 heterocycles. The van der Waals surface area contributed by atoms with Crippen molar-refractivity contribution >= 4 is 21.4 Å². The monoisotopic (exact) mass is 301 g/mol. The van der Waals surface area contributed by atoms with Gasteiger partial charge in [0.05, 0.1) is 14.7 Å². The van der Waals surface area contributed by atoms with Gasteiger partial charge in [-0.2, -0.15) is 0 Å². The van der Waals surface area contributed by atoms with Crippen molar-refractivity contribution in [3.05, 3.63) is 37.9 Å². The summed E-state index contributed by atoms with van der Waals surface area (Å²) in [6.07, 6.45) is 1.38. The maximum Gasteiger partial charge on any atom is 0.280 e. The SMILES string of the molecule is Cc1c([N+](=O)[O-])cc(S(=O)(=O)NC2CC2)cc1[N+](=O)[O-]. The van der Waals surface area contributed by atoms with E-state index >= 15 is 0 Å². The topological polar surface area (TPSA) is 132 Å². The van der Waals surface area contributed by atoms with Gasteiger partial charge in [-0.05, 0) is 19.8 Å². The van der Waals surface area contributed by atoms with E-state index in [2.05, 4.69) is 4.72 Å². The van der Waals surface area contributed by atoms with Crippen LogP contribution in [0.15, 0.2) is 17.0 Å². The van der Waals surface area contributed by atoms with E-state index in [1.165, 1.54) is 6.92 Å². The minimum absolute atomic E-state index is 0.176. The lowest BCUT2D eigenvalue weighted by Gasteiger charge is -2.07. The fraction of sp³-hybridized carbons (Fsp3) is 0.400. The Labute approximate surface area is 114 Å². The number of nitro benzene ring substituents is 2. The second-order valence-electron chi connectivity index (χ2n) is 4.50. The first-order valence-corrected chi connectivity index (χ1v) is 7.16. The van der Waals surface area contributed by atoms with Gasteiger partial charge in [-0.3, -0.25) is 20.2 Å². The van der Waals surface area contributed by atoms with Crippen molar-refractivity contribution in [3.63, 3.8) is 0 Å². The second kappa shape index (κ2) is 4.80. The number of nitro groups is 2. The quantitative estimate of drug-likeness (QED) is 0.642. The predicted molar refractivity (Wildman–Crippen MR) is 67.8 cm³/mol. The molecule has 9 nitrogen and oxygen atoms in total. The van der Waals surface area contributed by atoms with Crippen LogP contribution in [-0.4, -0.2) is 24.3 Å². The van der Waals surface area contributed by atoms with Crippen molar-refractivity contribution < 1.29 is 18.3 Å². The molecule has 0 bridgehead atoms. The standard InChI is InChI=1S/C10H11N3O6S/c1-6-9(12(14)15)4-8(5-10(6)13(16)17)20(18,19)11-7-2-3-7/h4-5,7,11H,2-3H2,1H3. The highest BCUT2D eigenvalue weighted by Gasteiger charge is 2.32. The van der Waals surface area contributed by atoms with Crippen LogP contribution in [0.5, 0.6) is 0 Å². The van der Waals surface area contributed by atoms with E-state index in [-0.39, 0.29) is 11.6 Å². The van der Waals surface area contributed by atoms with Crippen LogP contribution >= 0.6 is 0 Å². The van der Waals surface area contributed by atoms with Crippen molar-refractivity contribution in [1.29, 1.82) is 0 Å². The molecule has 0 unspecified atom stereocenters. The van der Waals surface area contributed by atoms with Crippen LogP contribution in [-0.2, 0) is 10.0 Å². The van der Waals surface area contributed by atoms with Crippen molar-refractivity contribution in [2.75, 3.05) is 0 Å². The molecule has 0 radical (unpaired) electrons. The van der Waals surface area contributed by atoms with E-state index < -0.39 is 36.1 Å². The van der Waals surface area contributed by atoms with E-state index in [4.69, 9.17) is 0 Å². The average Bonchev–Trinajstić information content (AvgIpc) is 3.11. The second-order valence-corrected chi connectivity index (χ2v) is 6.21. The zero-order valence-corrected chi connectivity index (χ0v) is 11.2. The van der Waals surface area contributed by atoms with Crippen molar-refractivity contribution in [2.45, 2.75) is 30.7 Å². The smallest absolute Gasteiger partial charge is 0.258 e. The van der Waals surface area contributed by atoms with Gasteiger partial charge in [0, 0.05) is 18.2 Å². The van der Waals surface area contributed by atoms with Crippen LogP contribution in [0, 0.1) is 27.2 Å². The zero-order valence-electron chi connectivity index (χ0n) is 10.4. The van der Waals surface area contributed by atoms with Crippen molar-refractivity contribution in [1.82, 2.24) is 4.72 Å². The molecule has 1 N–H and O–H groups in total. The summed E-state index contributed by atoms with van der Waals surface area (Å²) >= 11 is 0. The highest BCUT2D eigenvalue weighted by molar-refractivity contribution is 7.89. The Bertz CT molecular complexity index is 660. The highest BCUT2D eigenvalue weighted by Crippen LogP contribution is 2.32. The Morgan fingerprint density at radius 1 is 1.15 bits per heavy atom. The fourth-order valence-electron chi connectivity index (χ4n) is 1.68. The van der Waals surface area contributed by atoms with E-state index in [0.717, 1.165) is 12.1 Å². The van der Waals surface area contributed by atoms with Gasteiger partial charge in [0.15, 0.2) is 0 Å². The molecule has 1 aromatic carbocycles. The van der Waals surface area contributed by atoms with E-state index in [9.17, 15) is 28.6 Å². The van der Waals surface area contributed by atoms with Gasteiger partial charge in [-0.1, -0.05) is 0 Å². The number of sulfonamides is 1. The molecule has 1 fully saturated rings. The number of nitrogens with zero attached hydrogens (tertiary/aromatic N) is 2. The van der Waals surface area contributed by atoms with Crippen molar-refractivity contribution in [2.24, 2.45) is 0 Å². The molecule has 1 aliphatic carbocycles. The van der Waals surface area contributed by atoms with Gasteiger partial charge in [0.1, 0.15) is 5.56 Å². The lowest BCUT2D eigenvalue weighted by molar-refractivity contribution is -0.395. The minimum atomic E-state index is -3.98. The first-order chi connectivity index (χ1) is 9.22. The number of rotatable bonds is 5. The summed E-state index contributed by atoms with van der Waals surface area (Å²) in [5.74, 6) is 0. The van der Waals surface area contributed by atoms with Gasteiger partial charge >= 0.3 is 0 Å². The van der Waals surface area contributed by atoms with E-state index in [1.807, 2.05) is 0 Å². The molecule has 0 atom stereocenters. The molecule has 20 heavy (non-hydrogen) atoms. The number of nitrogens with one attached hydrogen (secondary N) is 1. The Morgan fingerprint density at radius 2 is 1.60 bits per heavy atom. The fourth-order valence-corrected chi connectivity index (χ4v) is 3.03. The van der Waals surface area contributed by atoms with Gasteiger partial charge in [-0.15, -0.1) is 0 Å². The lowest BCUT2D eigenvalue weighted by atomic mass is 10.1. The molecular formula is C10H11N3O6S. The first kappa shape index (κ1) is 14.3. The van der Waals surface area contributed by atoms with Crippen molar-refractivity contribution in [3.8, 4) is 0 Å². The molecule has 10 heteroatoms. The van der Waals surface area contributed by atoms with Gasteiger partial charge in [0.2, 0.25) is 10.0 Å². The van der Waals surface area contributed by atoms with Crippen LogP contribution in [0.2, 0.25) is 0 Å². The summed E-state index contributed by atoms with van der Waals surface area (Å²) in [5.41, 5.74) is -1.35. The Kier molecular flexibility index (Phi) is 3.44. The van der Waals surface area contributed by atoms with Crippen LogP contribution in [0.3, 0.4) is 0 Å². The van der Waals surface area contributed by atoms with Gasteiger partial charge in [0.25, 0.3) is 11.4 Å². The Balaban J connectivity index is 2.58. The third kappa shape index (κ3) is 2.75. The summed E-state index contributed by atoms with van der Waals surface area (Å²) in [6.45, 7) is 1.21. The molecule has 1 saturated carbocycles. The molecule has 0 spiro atoms. The zero-order chi connectivity index (χ0) is 15.1. The third-order valence-electron chi connectivity index (χ3n) is 2.93. The summed E-state index contributed by atoms with van der Waals surface area (Å²) < 4.78 is 26.3. The maximum absolute atomic E-state index is 12.0.